The van der Waals surface area contributed by atoms with Gasteiger partial charge >= 0.3 is 11.9 Å². The van der Waals surface area contributed by atoms with Gasteiger partial charge in [0.1, 0.15) is 19.0 Å². The number of hydrogen-bond acceptors (Lipinski definition) is 5. The third-order valence-electron chi connectivity index (χ3n) is 5.04. The number of hydrogen-bond donors (Lipinski definition) is 0. The van der Waals surface area contributed by atoms with Crippen LogP contribution in [0.4, 0.5) is 0 Å². The van der Waals surface area contributed by atoms with Crippen molar-refractivity contribution >= 4 is 11.9 Å². The van der Waals surface area contributed by atoms with E-state index in [4.69, 9.17) is 14.2 Å². The second-order valence-corrected chi connectivity index (χ2v) is 6.75. The maximum Gasteiger partial charge on any atom is 0.417 e. The maximum atomic E-state index is 12.1. The first-order valence-corrected chi connectivity index (χ1v) is 9.32. The normalized spacial score (nSPS) is 12.0. The summed E-state index contributed by atoms with van der Waals surface area (Å²) in [6.45, 7) is 0.0809. The van der Waals surface area contributed by atoms with E-state index >= 15 is 0 Å². The maximum absolute atomic E-state index is 12.1. The largest absolute Gasteiger partial charge is 0.497 e. The second kappa shape index (κ2) is 8.19. The van der Waals surface area contributed by atoms with Crippen LogP contribution in [0.5, 0.6) is 5.75 Å². The molecule has 0 unspecified atom stereocenters. The Morgan fingerprint density at radius 2 is 1.31 bits per heavy atom. The van der Waals surface area contributed by atoms with Crippen molar-refractivity contribution in [3.63, 3.8) is 0 Å². The van der Waals surface area contributed by atoms with Gasteiger partial charge in [-0.1, -0.05) is 60.7 Å². The number of benzene rings is 3. The molecular formula is C24H20O5. The minimum absolute atomic E-state index is 0.00692. The Morgan fingerprint density at radius 1 is 0.759 bits per heavy atom. The van der Waals surface area contributed by atoms with E-state index in [9.17, 15) is 9.59 Å². The highest BCUT2D eigenvalue weighted by Crippen LogP contribution is 2.44. The molecule has 0 saturated carbocycles. The lowest BCUT2D eigenvalue weighted by atomic mass is 9.98. The lowest BCUT2D eigenvalue weighted by Crippen LogP contribution is -2.22. The van der Waals surface area contributed by atoms with Crippen LogP contribution in [0.3, 0.4) is 0 Å². The molecule has 4 rings (SSSR count). The fourth-order valence-corrected chi connectivity index (χ4v) is 3.59. The summed E-state index contributed by atoms with van der Waals surface area (Å²) in [7, 11) is 1.58. The Bertz CT molecular complexity index is 994. The lowest BCUT2D eigenvalue weighted by Gasteiger charge is -2.13. The molecule has 29 heavy (non-hydrogen) atoms. The molecule has 0 atom stereocenters. The van der Waals surface area contributed by atoms with Crippen LogP contribution in [0.1, 0.15) is 22.6 Å². The van der Waals surface area contributed by atoms with E-state index in [1.54, 1.807) is 31.4 Å². The van der Waals surface area contributed by atoms with E-state index in [-0.39, 0.29) is 19.1 Å². The molecule has 1 aliphatic carbocycles. The number of rotatable bonds is 5. The number of ether oxygens (including phenoxy) is 3. The molecule has 3 aromatic carbocycles. The molecule has 5 heteroatoms. The number of carbonyl (C=O) groups excluding carboxylic acids is 2. The van der Waals surface area contributed by atoms with Crippen molar-refractivity contribution in [3.05, 3.63) is 89.5 Å². The Balaban J connectivity index is 1.37. The third-order valence-corrected chi connectivity index (χ3v) is 5.04. The smallest absolute Gasteiger partial charge is 0.417 e. The van der Waals surface area contributed by atoms with Crippen LogP contribution < -0.4 is 4.74 Å². The van der Waals surface area contributed by atoms with E-state index in [2.05, 4.69) is 12.1 Å². The summed E-state index contributed by atoms with van der Waals surface area (Å²) in [5, 5.41) is 0. The van der Waals surface area contributed by atoms with Gasteiger partial charge in [-0.05, 0) is 39.9 Å². The van der Waals surface area contributed by atoms with E-state index in [1.807, 2.05) is 36.4 Å². The van der Waals surface area contributed by atoms with Gasteiger partial charge in [0.15, 0.2) is 0 Å². The van der Waals surface area contributed by atoms with Gasteiger partial charge in [0, 0.05) is 5.92 Å². The van der Waals surface area contributed by atoms with Crippen molar-refractivity contribution in [1.29, 1.82) is 0 Å². The molecule has 146 valence electrons. The summed E-state index contributed by atoms with van der Waals surface area (Å²) in [5.74, 6) is -1.38. The van der Waals surface area contributed by atoms with Crippen LogP contribution in [0.2, 0.25) is 0 Å². The highest BCUT2D eigenvalue weighted by molar-refractivity contribution is 6.29. The molecular weight excluding hydrogens is 368 g/mol. The first kappa shape index (κ1) is 18.7. The van der Waals surface area contributed by atoms with Gasteiger partial charge in [0.2, 0.25) is 0 Å². The fourth-order valence-electron chi connectivity index (χ4n) is 3.59. The predicted molar refractivity (Wildman–Crippen MR) is 107 cm³/mol. The number of methoxy groups -OCH3 is 1. The number of esters is 2. The Labute approximate surface area is 168 Å². The number of carbonyl (C=O) groups is 2. The van der Waals surface area contributed by atoms with Gasteiger partial charge in [-0.2, -0.15) is 0 Å². The van der Waals surface area contributed by atoms with E-state index in [0.717, 1.165) is 27.8 Å². The Morgan fingerprint density at radius 3 is 1.90 bits per heavy atom. The first-order valence-electron chi connectivity index (χ1n) is 9.32. The zero-order chi connectivity index (χ0) is 20.2. The first-order chi connectivity index (χ1) is 14.2. The van der Waals surface area contributed by atoms with Crippen LogP contribution in [-0.2, 0) is 25.7 Å². The van der Waals surface area contributed by atoms with Crippen molar-refractivity contribution < 1.29 is 23.8 Å². The van der Waals surface area contributed by atoms with Crippen molar-refractivity contribution in [2.45, 2.75) is 12.5 Å². The molecule has 0 aliphatic heterocycles. The van der Waals surface area contributed by atoms with Crippen LogP contribution >= 0.6 is 0 Å². The van der Waals surface area contributed by atoms with Crippen LogP contribution in [-0.4, -0.2) is 25.7 Å². The lowest BCUT2D eigenvalue weighted by molar-refractivity contribution is -0.168. The topological polar surface area (TPSA) is 61.8 Å². The SMILES string of the molecule is COc1ccc(COC(=O)C(=O)OCC2c3ccccc3-c3ccccc32)cc1. The van der Waals surface area contributed by atoms with Crippen LogP contribution in [0.15, 0.2) is 72.8 Å². The molecule has 0 bridgehead atoms. The fraction of sp³-hybridized carbons (Fsp3) is 0.167. The molecule has 0 aromatic heterocycles. The van der Waals surface area contributed by atoms with Gasteiger partial charge in [0.05, 0.1) is 7.11 Å². The van der Waals surface area contributed by atoms with Crippen molar-refractivity contribution in [1.82, 2.24) is 0 Å². The van der Waals surface area contributed by atoms with Crippen LogP contribution in [0.25, 0.3) is 11.1 Å². The van der Waals surface area contributed by atoms with E-state index in [0.29, 0.717) is 5.75 Å². The Hall–Kier alpha value is -3.60. The van der Waals surface area contributed by atoms with E-state index in [1.165, 1.54) is 0 Å². The standard InChI is InChI=1S/C24H20O5/c1-27-17-12-10-16(11-13-17)14-28-23(25)24(26)29-15-22-20-8-4-2-6-18(20)19-7-3-5-9-21(19)22/h2-13,22H,14-15H2,1H3. The highest BCUT2D eigenvalue weighted by Gasteiger charge is 2.30. The Kier molecular flexibility index (Phi) is 5.29. The van der Waals surface area contributed by atoms with Crippen molar-refractivity contribution in [3.8, 4) is 16.9 Å². The molecule has 1 aliphatic rings. The minimum Gasteiger partial charge on any atom is -0.497 e. The van der Waals surface area contributed by atoms with Gasteiger partial charge in [-0.25, -0.2) is 9.59 Å². The molecule has 0 amide bonds. The van der Waals surface area contributed by atoms with Crippen molar-refractivity contribution in [2.75, 3.05) is 13.7 Å². The third kappa shape index (κ3) is 3.85. The molecule has 0 heterocycles. The zero-order valence-corrected chi connectivity index (χ0v) is 16.0. The molecule has 0 spiro atoms. The molecule has 5 nitrogen and oxygen atoms in total. The molecule has 3 aromatic rings. The zero-order valence-electron chi connectivity index (χ0n) is 16.0. The van der Waals surface area contributed by atoms with Gasteiger partial charge < -0.3 is 14.2 Å². The predicted octanol–water partition coefficient (Wildman–Crippen LogP) is 4.09. The molecule has 0 saturated heterocycles. The molecule has 0 N–H and O–H groups in total. The summed E-state index contributed by atoms with van der Waals surface area (Å²) in [5.41, 5.74) is 5.20. The average Bonchev–Trinajstić information content (AvgIpc) is 3.10. The van der Waals surface area contributed by atoms with Gasteiger partial charge in [-0.15, -0.1) is 0 Å². The van der Waals surface area contributed by atoms with Crippen LogP contribution in [0, 0.1) is 0 Å². The number of fused-ring (bicyclic) bond motifs is 3. The van der Waals surface area contributed by atoms with Crippen molar-refractivity contribution in [2.24, 2.45) is 0 Å². The second-order valence-electron chi connectivity index (χ2n) is 6.75. The average molecular weight is 388 g/mol. The summed E-state index contributed by atoms with van der Waals surface area (Å²) in [6, 6.07) is 23.1. The highest BCUT2D eigenvalue weighted by atomic mass is 16.6. The van der Waals surface area contributed by atoms with Gasteiger partial charge in [-0.3, -0.25) is 0 Å². The molecule has 0 fully saturated rings. The quantitative estimate of drug-likeness (QED) is 0.487. The molecule has 0 radical (unpaired) electrons. The monoisotopic (exact) mass is 388 g/mol. The van der Waals surface area contributed by atoms with E-state index < -0.39 is 11.9 Å². The summed E-state index contributed by atoms with van der Waals surface area (Å²) in [4.78, 5) is 24.1. The summed E-state index contributed by atoms with van der Waals surface area (Å²) < 4.78 is 15.4. The summed E-state index contributed by atoms with van der Waals surface area (Å²) >= 11 is 0. The van der Waals surface area contributed by atoms with Gasteiger partial charge in [0.25, 0.3) is 0 Å². The minimum atomic E-state index is -1.000. The summed E-state index contributed by atoms with van der Waals surface area (Å²) in [6.07, 6.45) is 0.